The Hall–Kier alpha value is -2.57. The lowest BCUT2D eigenvalue weighted by molar-refractivity contribution is 0.0380. The molecule has 0 atom stereocenters. The average molecular weight is 357 g/mol. The highest BCUT2D eigenvalue weighted by atomic mass is 16.5. The summed E-state index contributed by atoms with van der Waals surface area (Å²) in [7, 11) is 3.87. The molecule has 2 aromatic rings. The molecular weight excluding hydrogens is 330 g/mol. The van der Waals surface area contributed by atoms with Crippen LogP contribution in [0.4, 0.5) is 0 Å². The van der Waals surface area contributed by atoms with E-state index in [2.05, 4.69) is 11.6 Å². The summed E-state index contributed by atoms with van der Waals surface area (Å²) in [6.45, 7) is 9.23. The molecule has 0 aliphatic carbocycles. The predicted octanol–water partition coefficient (Wildman–Crippen LogP) is 3.55. The Morgan fingerprint density at radius 2 is 2.08 bits per heavy atom. The Labute approximate surface area is 155 Å². The van der Waals surface area contributed by atoms with E-state index in [-0.39, 0.29) is 5.75 Å². The Bertz CT molecular complexity index is 778. The van der Waals surface area contributed by atoms with Gasteiger partial charge in [-0.2, -0.15) is 0 Å². The standard InChI is InChI=1S/C20H27N3O3/c1-15(2)23-9-8-21-20(23)12-16(3)17-6-7-18(24)19(13-17)26-11-10-25-14-22(4)5/h6-9,12-13,24H,1,10-11,14H2,2-5H3/b16-12+. The van der Waals surface area contributed by atoms with E-state index in [0.29, 0.717) is 25.7 Å². The number of imidazole rings is 1. The van der Waals surface area contributed by atoms with Crippen LogP contribution in [0, 0.1) is 0 Å². The molecule has 2 rings (SSSR count). The quantitative estimate of drug-likeness (QED) is 0.549. The number of phenols is 1. The van der Waals surface area contributed by atoms with E-state index in [1.54, 1.807) is 12.3 Å². The highest BCUT2D eigenvalue weighted by Crippen LogP contribution is 2.30. The van der Waals surface area contributed by atoms with Crippen molar-refractivity contribution in [3.8, 4) is 11.5 Å². The van der Waals surface area contributed by atoms with E-state index in [0.717, 1.165) is 22.7 Å². The molecule has 6 nitrogen and oxygen atoms in total. The molecule has 1 heterocycles. The molecule has 26 heavy (non-hydrogen) atoms. The zero-order valence-electron chi connectivity index (χ0n) is 15.9. The second-order valence-electron chi connectivity index (χ2n) is 6.37. The van der Waals surface area contributed by atoms with E-state index >= 15 is 0 Å². The van der Waals surface area contributed by atoms with E-state index in [1.807, 2.05) is 61.8 Å². The van der Waals surface area contributed by atoms with Gasteiger partial charge in [0, 0.05) is 18.1 Å². The average Bonchev–Trinajstić information content (AvgIpc) is 3.04. The number of phenolic OH excluding ortho intramolecular Hbond substituents is 1. The van der Waals surface area contributed by atoms with Gasteiger partial charge in [0.2, 0.25) is 0 Å². The number of rotatable bonds is 9. The molecule has 1 N–H and O–H groups in total. The molecule has 0 saturated heterocycles. The maximum atomic E-state index is 10.0. The lowest BCUT2D eigenvalue weighted by Gasteiger charge is -2.13. The predicted molar refractivity (Wildman–Crippen MR) is 105 cm³/mol. The SMILES string of the molecule is C=C(C)n1ccnc1/C=C(\C)c1ccc(O)c(OCCOCN(C)C)c1. The van der Waals surface area contributed by atoms with Crippen LogP contribution in [-0.2, 0) is 4.74 Å². The van der Waals surface area contributed by atoms with Gasteiger partial charge in [-0.25, -0.2) is 4.98 Å². The molecule has 0 radical (unpaired) electrons. The third kappa shape index (κ3) is 5.47. The van der Waals surface area contributed by atoms with Crippen molar-refractivity contribution in [2.24, 2.45) is 0 Å². The van der Waals surface area contributed by atoms with Gasteiger partial charge in [-0.1, -0.05) is 12.6 Å². The molecule has 0 amide bonds. The number of aromatic nitrogens is 2. The molecule has 0 fully saturated rings. The van der Waals surface area contributed by atoms with Crippen LogP contribution in [-0.4, -0.2) is 53.6 Å². The number of benzene rings is 1. The minimum atomic E-state index is 0.109. The van der Waals surface area contributed by atoms with Crippen molar-refractivity contribution >= 4 is 17.3 Å². The summed E-state index contributed by atoms with van der Waals surface area (Å²) >= 11 is 0. The molecule has 0 spiro atoms. The molecule has 0 aliphatic heterocycles. The number of hydrogen-bond acceptors (Lipinski definition) is 5. The number of hydrogen-bond donors (Lipinski definition) is 1. The van der Waals surface area contributed by atoms with E-state index in [1.165, 1.54) is 0 Å². The fourth-order valence-corrected chi connectivity index (χ4v) is 2.35. The van der Waals surface area contributed by atoms with E-state index < -0.39 is 0 Å². The maximum Gasteiger partial charge on any atom is 0.161 e. The summed E-state index contributed by atoms with van der Waals surface area (Å²) in [5.41, 5.74) is 2.85. The summed E-state index contributed by atoms with van der Waals surface area (Å²) in [6.07, 6.45) is 5.60. The van der Waals surface area contributed by atoms with Gasteiger partial charge >= 0.3 is 0 Å². The number of ether oxygens (including phenoxy) is 2. The van der Waals surface area contributed by atoms with Crippen LogP contribution in [0.1, 0.15) is 25.2 Å². The lowest BCUT2D eigenvalue weighted by Crippen LogP contribution is -2.18. The lowest BCUT2D eigenvalue weighted by atomic mass is 10.1. The third-order valence-corrected chi connectivity index (χ3v) is 3.68. The Balaban J connectivity index is 2.09. The van der Waals surface area contributed by atoms with Crippen LogP contribution >= 0.6 is 0 Å². The summed E-state index contributed by atoms with van der Waals surface area (Å²) in [4.78, 5) is 6.28. The van der Waals surface area contributed by atoms with E-state index in [9.17, 15) is 5.11 Å². The number of allylic oxidation sites excluding steroid dienone is 2. The summed E-state index contributed by atoms with van der Waals surface area (Å²) < 4.78 is 13.0. The molecule has 1 aromatic carbocycles. The van der Waals surface area contributed by atoms with Gasteiger partial charge in [0.1, 0.15) is 12.4 Å². The summed E-state index contributed by atoms with van der Waals surface area (Å²) in [5, 5.41) is 10.0. The first kappa shape index (κ1) is 19.8. The zero-order chi connectivity index (χ0) is 19.1. The third-order valence-electron chi connectivity index (χ3n) is 3.68. The molecule has 1 aromatic heterocycles. The van der Waals surface area contributed by atoms with Crippen LogP contribution in [0.25, 0.3) is 17.3 Å². The highest BCUT2D eigenvalue weighted by molar-refractivity contribution is 5.80. The van der Waals surface area contributed by atoms with Crippen molar-refractivity contribution in [3.63, 3.8) is 0 Å². The molecular formula is C20H27N3O3. The van der Waals surface area contributed by atoms with Crippen molar-refractivity contribution in [3.05, 3.63) is 48.6 Å². The van der Waals surface area contributed by atoms with E-state index in [4.69, 9.17) is 9.47 Å². The van der Waals surface area contributed by atoms with Crippen molar-refractivity contribution in [2.75, 3.05) is 34.0 Å². The second-order valence-corrected chi connectivity index (χ2v) is 6.37. The topological polar surface area (TPSA) is 59.8 Å². The minimum absolute atomic E-state index is 0.109. The molecule has 0 saturated carbocycles. The first-order valence-corrected chi connectivity index (χ1v) is 8.44. The Morgan fingerprint density at radius 3 is 2.77 bits per heavy atom. The van der Waals surface area contributed by atoms with Crippen LogP contribution in [0.5, 0.6) is 11.5 Å². The van der Waals surface area contributed by atoms with Gasteiger partial charge in [0.25, 0.3) is 0 Å². The van der Waals surface area contributed by atoms with Crippen molar-refractivity contribution in [1.82, 2.24) is 14.5 Å². The van der Waals surface area contributed by atoms with Crippen LogP contribution in [0.15, 0.2) is 37.2 Å². The summed E-state index contributed by atoms with van der Waals surface area (Å²) in [6, 6.07) is 5.31. The monoisotopic (exact) mass is 357 g/mol. The minimum Gasteiger partial charge on any atom is -0.504 e. The van der Waals surface area contributed by atoms with Gasteiger partial charge in [-0.05, 0) is 57.3 Å². The van der Waals surface area contributed by atoms with Crippen molar-refractivity contribution in [2.45, 2.75) is 13.8 Å². The van der Waals surface area contributed by atoms with Crippen LogP contribution in [0.2, 0.25) is 0 Å². The first-order valence-electron chi connectivity index (χ1n) is 8.44. The number of nitrogens with zero attached hydrogens (tertiary/aromatic N) is 3. The van der Waals surface area contributed by atoms with Crippen molar-refractivity contribution in [1.29, 1.82) is 0 Å². The maximum absolute atomic E-state index is 10.0. The molecule has 6 heteroatoms. The van der Waals surface area contributed by atoms with Gasteiger partial charge in [-0.3, -0.25) is 4.90 Å². The molecule has 0 unspecified atom stereocenters. The van der Waals surface area contributed by atoms with Gasteiger partial charge in [0.15, 0.2) is 11.5 Å². The normalized spacial score (nSPS) is 11.8. The smallest absolute Gasteiger partial charge is 0.161 e. The summed E-state index contributed by atoms with van der Waals surface area (Å²) in [5.74, 6) is 1.35. The Morgan fingerprint density at radius 1 is 1.31 bits per heavy atom. The molecule has 0 aliphatic rings. The largest absolute Gasteiger partial charge is 0.504 e. The fourth-order valence-electron chi connectivity index (χ4n) is 2.35. The number of aromatic hydroxyl groups is 1. The van der Waals surface area contributed by atoms with Crippen molar-refractivity contribution < 1.29 is 14.6 Å². The highest BCUT2D eigenvalue weighted by Gasteiger charge is 2.07. The molecule has 140 valence electrons. The van der Waals surface area contributed by atoms with Gasteiger partial charge < -0.3 is 19.1 Å². The van der Waals surface area contributed by atoms with Gasteiger partial charge in [0.05, 0.1) is 13.3 Å². The molecule has 0 bridgehead atoms. The second kappa shape index (κ2) is 9.22. The van der Waals surface area contributed by atoms with Gasteiger partial charge in [-0.15, -0.1) is 0 Å². The van der Waals surface area contributed by atoms with Crippen LogP contribution < -0.4 is 4.74 Å². The fraction of sp³-hybridized carbons (Fsp3) is 0.350. The first-order chi connectivity index (χ1) is 12.4. The Kier molecular flexibility index (Phi) is 7.00. The zero-order valence-corrected chi connectivity index (χ0v) is 15.9. The van der Waals surface area contributed by atoms with Crippen LogP contribution in [0.3, 0.4) is 0 Å².